The van der Waals surface area contributed by atoms with Crippen LogP contribution in [0, 0.1) is 5.92 Å². The van der Waals surface area contributed by atoms with Crippen molar-refractivity contribution in [1.29, 1.82) is 0 Å². The molecule has 0 bridgehead atoms. The van der Waals surface area contributed by atoms with Crippen molar-refractivity contribution in [3.63, 3.8) is 0 Å². The predicted molar refractivity (Wildman–Crippen MR) is 70.6 cm³/mol. The third-order valence-electron chi connectivity index (χ3n) is 3.62. The molecule has 0 aliphatic heterocycles. The molecule has 2 rings (SSSR count). The minimum Gasteiger partial charge on any atom is -0.313 e. The van der Waals surface area contributed by atoms with Crippen LogP contribution in [0.15, 0.2) is 0 Å². The highest BCUT2D eigenvalue weighted by molar-refractivity contribution is 7.10. The Labute approximate surface area is 107 Å². The Morgan fingerprint density at radius 2 is 2.35 bits per heavy atom. The SMILES string of the molecule is CC1CCCC(N(C)Cc2nnsc2NN)C1. The Hall–Kier alpha value is -0.720. The summed E-state index contributed by atoms with van der Waals surface area (Å²) in [5, 5.41) is 5.00. The van der Waals surface area contributed by atoms with Gasteiger partial charge in [0.1, 0.15) is 10.7 Å². The molecule has 1 aliphatic rings. The lowest BCUT2D eigenvalue weighted by Gasteiger charge is -2.33. The van der Waals surface area contributed by atoms with Gasteiger partial charge in [-0.25, -0.2) is 5.84 Å². The number of nitrogens with two attached hydrogens (primary N) is 1. The highest BCUT2D eigenvalue weighted by Gasteiger charge is 2.23. The number of nitrogens with zero attached hydrogens (tertiary/aromatic N) is 3. The van der Waals surface area contributed by atoms with Crippen LogP contribution in [-0.4, -0.2) is 27.6 Å². The number of hydrogen-bond acceptors (Lipinski definition) is 6. The predicted octanol–water partition coefficient (Wildman–Crippen LogP) is 1.83. The van der Waals surface area contributed by atoms with Gasteiger partial charge in [0.05, 0.1) is 0 Å². The molecule has 6 heteroatoms. The first kappa shape index (κ1) is 12.7. The summed E-state index contributed by atoms with van der Waals surface area (Å²) in [5.74, 6) is 6.28. The van der Waals surface area contributed by atoms with Gasteiger partial charge in [0.2, 0.25) is 0 Å². The second-order valence-electron chi connectivity index (χ2n) is 5.03. The van der Waals surface area contributed by atoms with Crippen LogP contribution >= 0.6 is 11.5 Å². The van der Waals surface area contributed by atoms with Crippen molar-refractivity contribution in [2.24, 2.45) is 11.8 Å². The molecule has 0 amide bonds. The number of anilines is 1. The van der Waals surface area contributed by atoms with Gasteiger partial charge < -0.3 is 5.43 Å². The fourth-order valence-electron chi connectivity index (χ4n) is 2.59. The van der Waals surface area contributed by atoms with Crippen LogP contribution in [0.1, 0.15) is 38.3 Å². The smallest absolute Gasteiger partial charge is 0.148 e. The maximum absolute atomic E-state index is 5.43. The van der Waals surface area contributed by atoms with Crippen molar-refractivity contribution in [1.82, 2.24) is 14.5 Å². The highest BCUT2D eigenvalue weighted by atomic mass is 32.1. The van der Waals surface area contributed by atoms with Gasteiger partial charge in [0.15, 0.2) is 0 Å². The molecule has 1 aliphatic carbocycles. The fourth-order valence-corrected chi connectivity index (χ4v) is 3.07. The monoisotopic (exact) mass is 255 g/mol. The molecule has 96 valence electrons. The normalized spacial score (nSPS) is 25.2. The summed E-state index contributed by atoms with van der Waals surface area (Å²) in [6.07, 6.45) is 5.30. The van der Waals surface area contributed by atoms with Crippen molar-refractivity contribution in [3.8, 4) is 0 Å². The highest BCUT2D eigenvalue weighted by Crippen LogP contribution is 2.28. The molecule has 17 heavy (non-hydrogen) atoms. The zero-order valence-corrected chi connectivity index (χ0v) is 11.3. The molecule has 1 aromatic rings. The van der Waals surface area contributed by atoms with E-state index in [2.05, 4.69) is 33.9 Å². The van der Waals surface area contributed by atoms with Crippen LogP contribution in [0.5, 0.6) is 0 Å². The van der Waals surface area contributed by atoms with E-state index in [1.165, 1.54) is 37.2 Å². The van der Waals surface area contributed by atoms with Gasteiger partial charge in [-0.1, -0.05) is 24.3 Å². The van der Waals surface area contributed by atoms with Gasteiger partial charge in [-0.15, -0.1) is 5.10 Å². The molecule has 0 saturated heterocycles. The van der Waals surface area contributed by atoms with Crippen LogP contribution in [0.2, 0.25) is 0 Å². The molecule has 1 aromatic heterocycles. The molecule has 2 unspecified atom stereocenters. The van der Waals surface area contributed by atoms with Gasteiger partial charge in [-0.05, 0) is 25.8 Å². The van der Waals surface area contributed by atoms with Gasteiger partial charge in [0.25, 0.3) is 0 Å². The second kappa shape index (κ2) is 5.75. The van der Waals surface area contributed by atoms with Crippen LogP contribution in [0.3, 0.4) is 0 Å². The summed E-state index contributed by atoms with van der Waals surface area (Å²) in [5.41, 5.74) is 3.62. The average Bonchev–Trinajstić information content (AvgIpc) is 2.76. The Bertz CT molecular complexity index is 353. The van der Waals surface area contributed by atoms with Gasteiger partial charge in [-0.2, -0.15) is 0 Å². The zero-order chi connectivity index (χ0) is 12.3. The van der Waals surface area contributed by atoms with Crippen molar-refractivity contribution >= 4 is 16.5 Å². The van der Waals surface area contributed by atoms with Crippen LogP contribution < -0.4 is 11.3 Å². The standard InChI is InChI=1S/C11H21N5S/c1-8-4-3-5-9(6-8)16(2)7-10-11(13-12)17-15-14-10/h8-9,13H,3-7,12H2,1-2H3. The van der Waals surface area contributed by atoms with E-state index in [9.17, 15) is 0 Å². The van der Waals surface area contributed by atoms with Crippen molar-refractivity contribution < 1.29 is 0 Å². The number of nitrogen functional groups attached to an aromatic ring is 1. The molecule has 0 radical (unpaired) electrons. The minimum atomic E-state index is 0.672. The maximum Gasteiger partial charge on any atom is 0.148 e. The van der Waals surface area contributed by atoms with E-state index in [0.29, 0.717) is 6.04 Å². The van der Waals surface area contributed by atoms with E-state index in [-0.39, 0.29) is 0 Å². The summed E-state index contributed by atoms with van der Waals surface area (Å²) in [6.45, 7) is 3.17. The molecule has 3 N–H and O–H groups in total. The summed E-state index contributed by atoms with van der Waals surface area (Å²) in [4.78, 5) is 2.38. The van der Waals surface area contributed by atoms with E-state index in [1.807, 2.05) is 0 Å². The van der Waals surface area contributed by atoms with E-state index in [0.717, 1.165) is 23.2 Å². The molecular weight excluding hydrogens is 234 g/mol. The van der Waals surface area contributed by atoms with Crippen molar-refractivity contribution in [2.75, 3.05) is 12.5 Å². The van der Waals surface area contributed by atoms with Crippen LogP contribution in [0.4, 0.5) is 5.00 Å². The maximum atomic E-state index is 5.43. The second-order valence-corrected chi connectivity index (χ2v) is 5.79. The average molecular weight is 255 g/mol. The van der Waals surface area contributed by atoms with Gasteiger partial charge in [0, 0.05) is 24.1 Å². The molecule has 1 saturated carbocycles. The first-order chi connectivity index (χ1) is 8.20. The first-order valence-corrected chi connectivity index (χ1v) is 6.96. The van der Waals surface area contributed by atoms with E-state index >= 15 is 0 Å². The minimum absolute atomic E-state index is 0.672. The van der Waals surface area contributed by atoms with Crippen LogP contribution in [0.25, 0.3) is 0 Å². The molecule has 0 spiro atoms. The molecule has 2 atom stereocenters. The number of hydrogen-bond donors (Lipinski definition) is 2. The Morgan fingerprint density at radius 3 is 3.06 bits per heavy atom. The Balaban J connectivity index is 1.94. The fraction of sp³-hybridized carbons (Fsp3) is 0.818. The summed E-state index contributed by atoms with van der Waals surface area (Å²) >= 11 is 1.31. The topological polar surface area (TPSA) is 67.1 Å². The third kappa shape index (κ3) is 3.14. The summed E-state index contributed by atoms with van der Waals surface area (Å²) < 4.78 is 3.93. The van der Waals surface area contributed by atoms with Gasteiger partial charge in [-0.3, -0.25) is 4.90 Å². The largest absolute Gasteiger partial charge is 0.313 e. The molecule has 5 nitrogen and oxygen atoms in total. The van der Waals surface area contributed by atoms with E-state index in [4.69, 9.17) is 5.84 Å². The van der Waals surface area contributed by atoms with Crippen molar-refractivity contribution in [3.05, 3.63) is 5.69 Å². The van der Waals surface area contributed by atoms with E-state index < -0.39 is 0 Å². The van der Waals surface area contributed by atoms with Crippen LogP contribution in [-0.2, 0) is 6.54 Å². The van der Waals surface area contributed by atoms with Gasteiger partial charge >= 0.3 is 0 Å². The zero-order valence-electron chi connectivity index (χ0n) is 10.5. The summed E-state index contributed by atoms with van der Waals surface area (Å²) in [6, 6.07) is 0.672. The molecule has 0 aromatic carbocycles. The lowest BCUT2D eigenvalue weighted by Crippen LogP contribution is -2.35. The summed E-state index contributed by atoms with van der Waals surface area (Å²) in [7, 11) is 2.17. The number of rotatable bonds is 4. The quantitative estimate of drug-likeness (QED) is 0.634. The van der Waals surface area contributed by atoms with E-state index in [1.54, 1.807) is 0 Å². The third-order valence-corrected chi connectivity index (χ3v) is 4.32. The van der Waals surface area contributed by atoms with Crippen molar-refractivity contribution in [2.45, 2.75) is 45.2 Å². The molecular formula is C11H21N5S. The number of hydrazine groups is 1. The lowest BCUT2D eigenvalue weighted by atomic mass is 9.86. The number of nitrogens with one attached hydrogen (secondary N) is 1. The Kier molecular flexibility index (Phi) is 4.31. The number of aromatic nitrogens is 2. The Morgan fingerprint density at radius 1 is 1.53 bits per heavy atom. The first-order valence-electron chi connectivity index (χ1n) is 6.18. The lowest BCUT2D eigenvalue weighted by molar-refractivity contribution is 0.156. The molecule has 1 fully saturated rings. The molecule has 1 heterocycles.